The molecule has 0 aliphatic rings. The zero-order valence-electron chi connectivity index (χ0n) is 4.87. The number of hydrogen-bond donors (Lipinski definition) is 2. The zero-order chi connectivity index (χ0) is 6.86. The highest BCUT2D eigenvalue weighted by Gasteiger charge is 2.15. The van der Waals surface area contributed by atoms with Crippen molar-refractivity contribution in [1.29, 1.82) is 0 Å². The fraction of sp³-hybridized carbons (Fsp3) is 0.500. The molecule has 0 aromatic carbocycles. The summed E-state index contributed by atoms with van der Waals surface area (Å²) in [7, 11) is -4.32. The van der Waals surface area contributed by atoms with Gasteiger partial charge in [-0.1, -0.05) is 6.08 Å². The molecule has 0 amide bonds. The Hall–Kier alpha value is -0.190. The number of hydrogen-bond acceptors (Lipinski definition) is 1. The quantitative estimate of drug-likeness (QED) is 0.566. The van der Waals surface area contributed by atoms with Crippen molar-refractivity contribution in [3.8, 4) is 0 Å². The summed E-state index contributed by atoms with van der Waals surface area (Å²) >= 11 is 0. The van der Waals surface area contributed by atoms with Crippen molar-refractivity contribution >= 4 is 9.63 Å². The molecule has 0 atom stereocenters. The standard InChI is InChI=1S/C4H10O3S/c1-3-4-8(2,5,6)7/h3-4H,1-2H3,(H2,5,6,7)/b4-3+. The van der Waals surface area contributed by atoms with E-state index in [1.807, 2.05) is 0 Å². The minimum atomic E-state index is -4.32. The first kappa shape index (κ1) is 7.81. The molecule has 0 radical (unpaired) electrons. The highest BCUT2D eigenvalue weighted by Crippen LogP contribution is 2.10. The molecule has 50 valence electrons. The summed E-state index contributed by atoms with van der Waals surface area (Å²) in [5, 5.41) is 0.872. The van der Waals surface area contributed by atoms with Gasteiger partial charge in [-0.25, -0.2) is 4.21 Å². The Bertz CT molecular complexity index is 153. The Kier molecular flexibility index (Phi) is 1.61. The Morgan fingerprint density at radius 2 is 1.88 bits per heavy atom. The Morgan fingerprint density at radius 3 is 1.88 bits per heavy atom. The second-order valence-corrected chi connectivity index (χ2v) is 4.66. The first-order chi connectivity index (χ1) is 3.31. The van der Waals surface area contributed by atoms with Crippen molar-refractivity contribution in [2.45, 2.75) is 6.92 Å². The maximum atomic E-state index is 10.4. The van der Waals surface area contributed by atoms with Gasteiger partial charge in [0.2, 0.25) is 0 Å². The molecule has 0 aliphatic heterocycles. The Balaban J connectivity index is 4.41. The van der Waals surface area contributed by atoms with E-state index in [4.69, 9.17) is 9.11 Å². The Morgan fingerprint density at radius 1 is 1.50 bits per heavy atom. The van der Waals surface area contributed by atoms with E-state index in [9.17, 15) is 4.21 Å². The largest absolute Gasteiger partial charge is 0.305 e. The van der Waals surface area contributed by atoms with Crippen molar-refractivity contribution in [1.82, 2.24) is 0 Å². The zero-order valence-corrected chi connectivity index (χ0v) is 5.68. The molecule has 2 N–H and O–H groups in total. The molecule has 0 rings (SSSR count). The van der Waals surface area contributed by atoms with Gasteiger partial charge in [0.15, 0.2) is 0 Å². The van der Waals surface area contributed by atoms with Crippen LogP contribution in [0.4, 0.5) is 0 Å². The lowest BCUT2D eigenvalue weighted by Crippen LogP contribution is -2.24. The number of allylic oxidation sites excluding steroid dienone is 1. The lowest BCUT2D eigenvalue weighted by molar-refractivity contribution is 0.412. The van der Waals surface area contributed by atoms with Crippen LogP contribution >= 0.6 is 0 Å². The van der Waals surface area contributed by atoms with Crippen LogP contribution in [-0.4, -0.2) is 19.6 Å². The van der Waals surface area contributed by atoms with Crippen LogP contribution < -0.4 is 0 Å². The average Bonchev–Trinajstić information content (AvgIpc) is 1.25. The molecule has 0 heterocycles. The normalized spacial score (nSPS) is 18.2. The van der Waals surface area contributed by atoms with Gasteiger partial charge in [0.25, 0.3) is 0 Å². The molecule has 0 fully saturated rings. The van der Waals surface area contributed by atoms with Gasteiger partial charge >= 0.3 is 0 Å². The molecule has 0 bridgehead atoms. The molecule has 0 aliphatic carbocycles. The fourth-order valence-electron chi connectivity index (χ4n) is 0.313. The van der Waals surface area contributed by atoms with Crippen LogP contribution in [0.15, 0.2) is 11.5 Å². The lowest BCUT2D eigenvalue weighted by atomic mass is 10.8. The summed E-state index contributed by atoms with van der Waals surface area (Å²) in [5.74, 6) is 0. The van der Waals surface area contributed by atoms with Crippen LogP contribution in [0.3, 0.4) is 0 Å². The highest BCUT2D eigenvalue weighted by molar-refractivity contribution is 8.12. The molecule has 3 nitrogen and oxygen atoms in total. The maximum Gasteiger partial charge on any atom is 0.0991 e. The van der Waals surface area contributed by atoms with Crippen LogP contribution in [0.2, 0.25) is 0 Å². The summed E-state index contributed by atoms with van der Waals surface area (Å²) in [6.45, 7) is 1.56. The molecule has 8 heavy (non-hydrogen) atoms. The van der Waals surface area contributed by atoms with E-state index in [1.165, 1.54) is 6.08 Å². The van der Waals surface area contributed by atoms with E-state index in [0.717, 1.165) is 11.7 Å². The molecule has 0 saturated carbocycles. The van der Waals surface area contributed by atoms with E-state index in [0.29, 0.717) is 0 Å². The molecular weight excluding hydrogens is 128 g/mol. The monoisotopic (exact) mass is 138 g/mol. The highest BCUT2D eigenvalue weighted by atomic mass is 32.3. The van der Waals surface area contributed by atoms with E-state index >= 15 is 0 Å². The molecule has 0 unspecified atom stereocenters. The van der Waals surface area contributed by atoms with Gasteiger partial charge in [-0.3, -0.25) is 0 Å². The lowest BCUT2D eigenvalue weighted by Gasteiger charge is -2.19. The van der Waals surface area contributed by atoms with Gasteiger partial charge in [0, 0.05) is 11.7 Å². The van der Waals surface area contributed by atoms with Gasteiger partial charge in [-0.2, -0.15) is 0 Å². The van der Waals surface area contributed by atoms with Crippen LogP contribution in [-0.2, 0) is 9.63 Å². The SMILES string of the molecule is C/C=C/S(C)(=O)(O)O. The molecule has 0 spiro atoms. The third kappa shape index (κ3) is 5.81. The first-order valence-electron chi connectivity index (χ1n) is 2.09. The maximum absolute atomic E-state index is 10.4. The second kappa shape index (κ2) is 1.65. The van der Waals surface area contributed by atoms with Gasteiger partial charge < -0.3 is 9.11 Å². The van der Waals surface area contributed by atoms with Crippen molar-refractivity contribution in [2.75, 3.05) is 6.26 Å². The van der Waals surface area contributed by atoms with Crippen molar-refractivity contribution in [3.63, 3.8) is 0 Å². The van der Waals surface area contributed by atoms with Crippen molar-refractivity contribution in [3.05, 3.63) is 11.5 Å². The van der Waals surface area contributed by atoms with E-state index in [2.05, 4.69) is 0 Å². The molecular formula is C4H10O3S. The third-order valence-electron chi connectivity index (χ3n) is 0.449. The van der Waals surface area contributed by atoms with Crippen LogP contribution in [0.5, 0.6) is 0 Å². The smallest absolute Gasteiger partial charge is 0.0991 e. The van der Waals surface area contributed by atoms with E-state index in [-0.39, 0.29) is 0 Å². The minimum absolute atomic E-state index is 0.872. The van der Waals surface area contributed by atoms with Crippen LogP contribution in [0.25, 0.3) is 0 Å². The summed E-state index contributed by atoms with van der Waals surface area (Å²) in [6.07, 6.45) is 2.20. The molecule has 0 saturated heterocycles. The van der Waals surface area contributed by atoms with Crippen LogP contribution in [0, 0.1) is 0 Å². The van der Waals surface area contributed by atoms with Gasteiger partial charge in [0.1, 0.15) is 0 Å². The van der Waals surface area contributed by atoms with Gasteiger partial charge in [0.05, 0.1) is 9.63 Å². The summed E-state index contributed by atoms with van der Waals surface area (Å²) < 4.78 is 27.4. The second-order valence-electron chi connectivity index (χ2n) is 1.77. The predicted molar refractivity (Wildman–Crippen MR) is 34.1 cm³/mol. The molecule has 0 aromatic heterocycles. The van der Waals surface area contributed by atoms with Gasteiger partial charge in [-0.15, -0.1) is 0 Å². The minimum Gasteiger partial charge on any atom is -0.305 e. The fourth-order valence-corrected chi connectivity index (χ4v) is 0.940. The van der Waals surface area contributed by atoms with E-state index < -0.39 is 9.63 Å². The number of rotatable bonds is 1. The Labute approximate surface area is 48.5 Å². The third-order valence-corrected chi connectivity index (χ3v) is 1.35. The molecule has 0 aromatic rings. The van der Waals surface area contributed by atoms with Gasteiger partial charge in [-0.05, 0) is 6.92 Å². The molecule has 4 heteroatoms. The van der Waals surface area contributed by atoms with Crippen molar-refractivity contribution < 1.29 is 13.3 Å². The predicted octanol–water partition coefficient (Wildman–Crippen LogP) is 0.916. The van der Waals surface area contributed by atoms with Crippen molar-refractivity contribution in [2.24, 2.45) is 0 Å². The first-order valence-corrected chi connectivity index (χ1v) is 4.44. The summed E-state index contributed by atoms with van der Waals surface area (Å²) in [6, 6.07) is 0. The topological polar surface area (TPSA) is 57.5 Å². The van der Waals surface area contributed by atoms with Crippen LogP contribution in [0.1, 0.15) is 6.92 Å². The summed E-state index contributed by atoms with van der Waals surface area (Å²) in [4.78, 5) is 0. The average molecular weight is 138 g/mol. The van der Waals surface area contributed by atoms with E-state index in [1.54, 1.807) is 6.92 Å². The summed E-state index contributed by atoms with van der Waals surface area (Å²) in [5.41, 5.74) is 0.